The lowest BCUT2D eigenvalue weighted by atomic mass is 10.3. The summed E-state index contributed by atoms with van der Waals surface area (Å²) in [4.78, 5) is 27.1. The summed E-state index contributed by atoms with van der Waals surface area (Å²) in [5.74, 6) is -0.314. The van der Waals surface area contributed by atoms with Gasteiger partial charge in [0.2, 0.25) is 5.91 Å². The van der Waals surface area contributed by atoms with Crippen LogP contribution in [0, 0.1) is 0 Å². The minimum absolute atomic E-state index is 0.259. The number of amides is 1. The van der Waals surface area contributed by atoms with E-state index in [1.165, 1.54) is 25.8 Å². The summed E-state index contributed by atoms with van der Waals surface area (Å²) in [6.45, 7) is 1.37. The van der Waals surface area contributed by atoms with Crippen LogP contribution in [0.1, 0.15) is 6.92 Å². The number of nitrogens with zero attached hydrogens (tertiary/aromatic N) is 1. The molecule has 0 aliphatic rings. The van der Waals surface area contributed by atoms with Gasteiger partial charge in [0.15, 0.2) is 4.34 Å². The molecule has 1 aromatic heterocycles. The maximum absolute atomic E-state index is 11.6. The molecule has 0 bridgehead atoms. The molecule has 0 saturated carbocycles. The van der Waals surface area contributed by atoms with Gasteiger partial charge in [0.05, 0.1) is 17.3 Å². The molecule has 0 radical (unpaired) electrons. The van der Waals surface area contributed by atoms with Gasteiger partial charge in [0, 0.05) is 12.7 Å². The number of benzene rings is 1. The molecule has 2 rings (SSSR count). The molecule has 1 aromatic carbocycles. The molecule has 1 amide bonds. The molecule has 1 heterocycles. The van der Waals surface area contributed by atoms with Gasteiger partial charge in [-0.15, -0.1) is 11.3 Å². The average molecular weight is 310 g/mol. The van der Waals surface area contributed by atoms with Gasteiger partial charge in [-0.25, -0.2) is 9.78 Å². The highest BCUT2D eigenvalue weighted by Crippen LogP contribution is 2.29. The van der Waals surface area contributed by atoms with Crippen LogP contribution in [0.5, 0.6) is 0 Å². The van der Waals surface area contributed by atoms with Crippen molar-refractivity contribution in [3.63, 3.8) is 0 Å². The fourth-order valence-electron chi connectivity index (χ4n) is 1.62. The highest BCUT2D eigenvalue weighted by atomic mass is 32.2. The molecule has 106 valence electrons. The van der Waals surface area contributed by atoms with Crippen molar-refractivity contribution in [2.45, 2.75) is 17.3 Å². The summed E-state index contributed by atoms with van der Waals surface area (Å²) in [6, 6.07) is 7.19. The number of methoxy groups -OCH3 is 1. The lowest BCUT2D eigenvalue weighted by Crippen LogP contribution is -2.42. The van der Waals surface area contributed by atoms with E-state index in [0.717, 1.165) is 14.6 Å². The molecule has 20 heavy (non-hydrogen) atoms. The van der Waals surface area contributed by atoms with Crippen molar-refractivity contribution in [1.82, 2.24) is 10.3 Å². The first-order valence-corrected chi connectivity index (χ1v) is 7.73. The number of fused-ring (bicyclic) bond motifs is 1. The van der Waals surface area contributed by atoms with E-state index in [-0.39, 0.29) is 5.91 Å². The van der Waals surface area contributed by atoms with Gasteiger partial charge in [-0.3, -0.25) is 4.79 Å². The zero-order valence-corrected chi connectivity index (χ0v) is 12.7. The highest BCUT2D eigenvalue weighted by Gasteiger charge is 2.21. The molecule has 7 heteroatoms. The van der Waals surface area contributed by atoms with Crippen molar-refractivity contribution >= 4 is 45.2 Å². The minimum atomic E-state index is -0.658. The first kappa shape index (κ1) is 14.8. The number of carbonyl (C=O) groups is 2. The number of ether oxygens (including phenoxy) is 1. The standard InChI is InChI=1S/C13H14N2O3S2/c1-8(16)14-10(12(17)18-2)7-19-13-15-9-5-3-4-6-11(9)20-13/h3-6,10H,7H2,1-2H3,(H,14,16)/t10-/m0/s1. The molecule has 1 N–H and O–H groups in total. The molecular weight excluding hydrogens is 296 g/mol. The number of thiazole rings is 1. The van der Waals surface area contributed by atoms with Crippen LogP contribution in [0.25, 0.3) is 10.2 Å². The van der Waals surface area contributed by atoms with Crippen LogP contribution in [-0.2, 0) is 14.3 Å². The Kier molecular flexibility index (Phi) is 4.97. The molecule has 1 atom stereocenters. The third-order valence-corrected chi connectivity index (χ3v) is 4.78. The van der Waals surface area contributed by atoms with E-state index >= 15 is 0 Å². The van der Waals surface area contributed by atoms with Crippen LogP contribution in [0.2, 0.25) is 0 Å². The lowest BCUT2D eigenvalue weighted by molar-refractivity contribution is -0.144. The van der Waals surface area contributed by atoms with E-state index in [0.29, 0.717) is 5.75 Å². The summed E-state index contributed by atoms with van der Waals surface area (Å²) in [7, 11) is 1.31. The quantitative estimate of drug-likeness (QED) is 0.676. The van der Waals surface area contributed by atoms with Crippen molar-refractivity contribution in [2.75, 3.05) is 12.9 Å². The van der Waals surface area contributed by atoms with Crippen molar-refractivity contribution in [1.29, 1.82) is 0 Å². The summed E-state index contributed by atoms with van der Waals surface area (Å²) < 4.78 is 6.64. The Morgan fingerprint density at radius 1 is 1.45 bits per heavy atom. The third-order valence-electron chi connectivity index (χ3n) is 2.51. The van der Waals surface area contributed by atoms with Gasteiger partial charge in [0.25, 0.3) is 0 Å². The van der Waals surface area contributed by atoms with E-state index in [1.807, 2.05) is 24.3 Å². The summed E-state index contributed by atoms with van der Waals surface area (Å²) in [5.41, 5.74) is 0.939. The summed E-state index contributed by atoms with van der Waals surface area (Å²) >= 11 is 3.00. The maximum atomic E-state index is 11.6. The van der Waals surface area contributed by atoms with Gasteiger partial charge in [-0.2, -0.15) is 0 Å². The van der Waals surface area contributed by atoms with Crippen LogP contribution < -0.4 is 5.32 Å². The molecule has 0 spiro atoms. The van der Waals surface area contributed by atoms with E-state index < -0.39 is 12.0 Å². The van der Waals surface area contributed by atoms with E-state index in [4.69, 9.17) is 0 Å². The molecule has 0 aliphatic carbocycles. The predicted octanol–water partition coefficient (Wildman–Crippen LogP) is 2.07. The number of nitrogens with one attached hydrogen (secondary N) is 1. The zero-order valence-electron chi connectivity index (χ0n) is 11.1. The van der Waals surface area contributed by atoms with Gasteiger partial charge >= 0.3 is 5.97 Å². The molecule has 0 aliphatic heterocycles. The SMILES string of the molecule is COC(=O)[C@H](CSc1nc2ccccc2s1)NC(C)=O. The number of esters is 1. The van der Waals surface area contributed by atoms with Crippen LogP contribution in [0.15, 0.2) is 28.6 Å². The Morgan fingerprint density at radius 3 is 2.85 bits per heavy atom. The van der Waals surface area contributed by atoms with Gasteiger partial charge < -0.3 is 10.1 Å². The molecular formula is C13H14N2O3S2. The third kappa shape index (κ3) is 3.71. The Labute approximate surface area is 124 Å². The fourth-order valence-corrected chi connectivity index (χ4v) is 3.72. The number of hydrogen-bond acceptors (Lipinski definition) is 6. The number of aromatic nitrogens is 1. The summed E-state index contributed by atoms with van der Waals surface area (Å²) in [5, 5.41) is 2.58. The Bertz CT molecular complexity index is 594. The van der Waals surface area contributed by atoms with Crippen LogP contribution in [0.4, 0.5) is 0 Å². The van der Waals surface area contributed by atoms with E-state index in [1.54, 1.807) is 11.3 Å². The second kappa shape index (κ2) is 6.71. The normalized spacial score (nSPS) is 12.1. The number of thioether (sulfide) groups is 1. The predicted molar refractivity (Wildman–Crippen MR) is 80.0 cm³/mol. The van der Waals surface area contributed by atoms with Crippen molar-refractivity contribution in [3.8, 4) is 0 Å². The largest absolute Gasteiger partial charge is 0.467 e. The number of carbonyl (C=O) groups excluding carboxylic acids is 2. The minimum Gasteiger partial charge on any atom is -0.467 e. The van der Waals surface area contributed by atoms with E-state index in [2.05, 4.69) is 15.0 Å². The molecule has 0 fully saturated rings. The Morgan fingerprint density at radius 2 is 2.20 bits per heavy atom. The van der Waals surface area contributed by atoms with Gasteiger partial charge in [-0.05, 0) is 12.1 Å². The molecule has 0 saturated heterocycles. The second-order valence-electron chi connectivity index (χ2n) is 4.03. The molecule has 5 nitrogen and oxygen atoms in total. The summed E-state index contributed by atoms with van der Waals surface area (Å²) in [6.07, 6.45) is 0. The zero-order chi connectivity index (χ0) is 14.5. The van der Waals surface area contributed by atoms with Gasteiger partial charge in [0.1, 0.15) is 6.04 Å². The number of rotatable bonds is 5. The molecule has 0 unspecified atom stereocenters. The van der Waals surface area contributed by atoms with E-state index in [9.17, 15) is 9.59 Å². The topological polar surface area (TPSA) is 68.3 Å². The second-order valence-corrected chi connectivity index (χ2v) is 6.33. The monoisotopic (exact) mass is 310 g/mol. The van der Waals surface area contributed by atoms with Crippen molar-refractivity contribution in [3.05, 3.63) is 24.3 Å². The van der Waals surface area contributed by atoms with Crippen molar-refractivity contribution < 1.29 is 14.3 Å². The first-order chi connectivity index (χ1) is 9.60. The first-order valence-electron chi connectivity index (χ1n) is 5.93. The molecule has 2 aromatic rings. The van der Waals surface area contributed by atoms with Crippen LogP contribution in [-0.4, -0.2) is 35.8 Å². The average Bonchev–Trinajstić information content (AvgIpc) is 2.84. The van der Waals surface area contributed by atoms with Crippen molar-refractivity contribution in [2.24, 2.45) is 0 Å². The Balaban J connectivity index is 2.04. The highest BCUT2D eigenvalue weighted by molar-refractivity contribution is 8.01. The van der Waals surface area contributed by atoms with Gasteiger partial charge in [-0.1, -0.05) is 23.9 Å². The smallest absolute Gasteiger partial charge is 0.329 e. The number of hydrogen-bond donors (Lipinski definition) is 1. The Hall–Kier alpha value is -1.60. The maximum Gasteiger partial charge on any atom is 0.329 e. The fraction of sp³-hybridized carbons (Fsp3) is 0.308. The number of para-hydroxylation sites is 1. The van der Waals surface area contributed by atoms with Crippen LogP contribution >= 0.6 is 23.1 Å². The lowest BCUT2D eigenvalue weighted by Gasteiger charge is -2.13. The van der Waals surface area contributed by atoms with Crippen LogP contribution in [0.3, 0.4) is 0 Å².